The molecule has 0 amide bonds. The Morgan fingerprint density at radius 2 is 1.65 bits per heavy atom. The zero-order valence-electron chi connectivity index (χ0n) is 11.2. The molecule has 98 valence electrons. The summed E-state index contributed by atoms with van der Waals surface area (Å²) in [6, 6.07) is 0. The summed E-state index contributed by atoms with van der Waals surface area (Å²) in [4.78, 5) is 22.8. The summed E-state index contributed by atoms with van der Waals surface area (Å²) in [6.45, 7) is 2.23. The molecule has 1 saturated carbocycles. The van der Waals surface area contributed by atoms with Gasteiger partial charge in [-0.25, -0.2) is 0 Å². The Labute approximate surface area is 105 Å². The van der Waals surface area contributed by atoms with E-state index in [0.717, 1.165) is 25.7 Å². The highest BCUT2D eigenvalue weighted by Crippen LogP contribution is 2.23. The summed E-state index contributed by atoms with van der Waals surface area (Å²) in [6.07, 6.45) is 12.2. The second kappa shape index (κ2) is 8.43. The smallest absolute Gasteiger partial charge is 0.201 e. The average molecular weight is 238 g/mol. The molecule has 2 nitrogen and oxygen atoms in total. The summed E-state index contributed by atoms with van der Waals surface area (Å²) in [5, 5.41) is 0. The Kier molecular flexibility index (Phi) is 7.14. The van der Waals surface area contributed by atoms with Gasteiger partial charge in [0.25, 0.3) is 0 Å². The van der Waals surface area contributed by atoms with Crippen LogP contribution in [0, 0.1) is 5.92 Å². The first-order chi connectivity index (χ1) is 8.25. The molecule has 1 fully saturated rings. The van der Waals surface area contributed by atoms with Gasteiger partial charge in [-0.3, -0.25) is 9.59 Å². The van der Waals surface area contributed by atoms with Crippen LogP contribution in [0.1, 0.15) is 77.6 Å². The number of unbranched alkanes of at least 4 members (excludes halogenated alkanes) is 6. The van der Waals surface area contributed by atoms with Crippen molar-refractivity contribution < 1.29 is 9.59 Å². The van der Waals surface area contributed by atoms with Crippen LogP contribution in [0.25, 0.3) is 0 Å². The molecule has 1 atom stereocenters. The third-order valence-corrected chi connectivity index (χ3v) is 3.76. The predicted octanol–water partition coefficient (Wildman–Crippen LogP) is 4.07. The molecular weight excluding hydrogens is 212 g/mol. The minimum atomic E-state index is -0.121. The third-order valence-electron chi connectivity index (χ3n) is 3.76. The Morgan fingerprint density at radius 1 is 1.00 bits per heavy atom. The Morgan fingerprint density at radius 3 is 2.35 bits per heavy atom. The predicted molar refractivity (Wildman–Crippen MR) is 70.0 cm³/mol. The molecule has 0 N–H and O–H groups in total. The summed E-state index contributed by atoms with van der Waals surface area (Å²) >= 11 is 0. The van der Waals surface area contributed by atoms with Crippen LogP contribution in [-0.4, -0.2) is 11.6 Å². The molecule has 1 unspecified atom stereocenters. The average Bonchev–Trinajstić information content (AvgIpc) is 2.33. The maximum absolute atomic E-state index is 11.6. The van der Waals surface area contributed by atoms with Crippen molar-refractivity contribution in [2.45, 2.75) is 77.6 Å². The van der Waals surface area contributed by atoms with Crippen molar-refractivity contribution in [2.75, 3.05) is 0 Å². The van der Waals surface area contributed by atoms with E-state index < -0.39 is 0 Å². The van der Waals surface area contributed by atoms with Gasteiger partial charge >= 0.3 is 0 Å². The number of ketones is 2. The fourth-order valence-corrected chi connectivity index (χ4v) is 2.61. The van der Waals surface area contributed by atoms with Gasteiger partial charge in [0, 0.05) is 12.3 Å². The SMILES string of the molecule is CCCCCCCCCC1CCCC(=O)C1=O. The van der Waals surface area contributed by atoms with Crippen molar-refractivity contribution >= 4 is 11.6 Å². The molecule has 0 aromatic heterocycles. The van der Waals surface area contributed by atoms with E-state index in [1.54, 1.807) is 0 Å². The highest BCUT2D eigenvalue weighted by molar-refractivity contribution is 6.38. The lowest BCUT2D eigenvalue weighted by Crippen LogP contribution is -2.28. The Hall–Kier alpha value is -0.660. The van der Waals surface area contributed by atoms with Gasteiger partial charge in [0.05, 0.1) is 0 Å². The van der Waals surface area contributed by atoms with Gasteiger partial charge in [0.2, 0.25) is 5.78 Å². The van der Waals surface area contributed by atoms with E-state index in [9.17, 15) is 9.59 Å². The van der Waals surface area contributed by atoms with E-state index in [4.69, 9.17) is 0 Å². The topological polar surface area (TPSA) is 34.1 Å². The lowest BCUT2D eigenvalue weighted by molar-refractivity contribution is -0.141. The lowest BCUT2D eigenvalue weighted by atomic mass is 9.83. The molecule has 0 saturated heterocycles. The van der Waals surface area contributed by atoms with Crippen LogP contribution in [0.5, 0.6) is 0 Å². The number of hydrogen-bond donors (Lipinski definition) is 0. The first kappa shape index (κ1) is 14.4. The standard InChI is InChI=1S/C15H26O2/c1-2-3-4-5-6-7-8-10-13-11-9-12-14(16)15(13)17/h13H,2-12H2,1H3. The van der Waals surface area contributed by atoms with Gasteiger partial charge in [-0.1, -0.05) is 51.9 Å². The van der Waals surface area contributed by atoms with Crippen LogP contribution in [-0.2, 0) is 9.59 Å². The summed E-state index contributed by atoms with van der Waals surface area (Å²) in [5.74, 6) is -0.140. The molecule has 2 heteroatoms. The minimum Gasteiger partial charge on any atom is -0.291 e. The van der Waals surface area contributed by atoms with Gasteiger partial charge in [-0.15, -0.1) is 0 Å². The molecule has 1 aliphatic rings. The third kappa shape index (κ3) is 5.47. The van der Waals surface area contributed by atoms with E-state index in [0.29, 0.717) is 6.42 Å². The van der Waals surface area contributed by atoms with Crippen LogP contribution in [0.15, 0.2) is 0 Å². The molecule has 0 aromatic rings. The first-order valence-electron chi connectivity index (χ1n) is 7.32. The number of rotatable bonds is 8. The molecule has 0 spiro atoms. The Bertz CT molecular complexity index is 245. The maximum Gasteiger partial charge on any atom is 0.201 e. The highest BCUT2D eigenvalue weighted by atomic mass is 16.2. The van der Waals surface area contributed by atoms with Crippen molar-refractivity contribution in [2.24, 2.45) is 5.92 Å². The van der Waals surface area contributed by atoms with Crippen LogP contribution in [0.4, 0.5) is 0 Å². The van der Waals surface area contributed by atoms with Crippen molar-refractivity contribution in [1.29, 1.82) is 0 Å². The molecule has 1 rings (SSSR count). The van der Waals surface area contributed by atoms with E-state index in [-0.39, 0.29) is 17.5 Å². The van der Waals surface area contributed by atoms with Crippen molar-refractivity contribution in [3.8, 4) is 0 Å². The molecule has 0 aliphatic heterocycles. The van der Waals surface area contributed by atoms with Gasteiger partial charge in [0.1, 0.15) is 0 Å². The van der Waals surface area contributed by atoms with Crippen molar-refractivity contribution in [3.05, 3.63) is 0 Å². The summed E-state index contributed by atoms with van der Waals surface area (Å²) in [5.41, 5.74) is 0. The normalized spacial score (nSPS) is 20.9. The molecule has 0 heterocycles. The largest absolute Gasteiger partial charge is 0.291 e. The van der Waals surface area contributed by atoms with Crippen LogP contribution < -0.4 is 0 Å². The monoisotopic (exact) mass is 238 g/mol. The van der Waals surface area contributed by atoms with Crippen LogP contribution >= 0.6 is 0 Å². The van der Waals surface area contributed by atoms with Gasteiger partial charge in [-0.2, -0.15) is 0 Å². The van der Waals surface area contributed by atoms with E-state index in [1.807, 2.05) is 0 Å². The molecule has 0 bridgehead atoms. The quantitative estimate of drug-likeness (QED) is 0.472. The Balaban J connectivity index is 2.02. The summed E-state index contributed by atoms with van der Waals surface area (Å²) in [7, 11) is 0. The highest BCUT2D eigenvalue weighted by Gasteiger charge is 2.28. The van der Waals surface area contributed by atoms with Crippen molar-refractivity contribution in [1.82, 2.24) is 0 Å². The molecular formula is C15H26O2. The number of carbonyl (C=O) groups is 2. The van der Waals surface area contributed by atoms with Gasteiger partial charge in [0.15, 0.2) is 5.78 Å². The van der Waals surface area contributed by atoms with E-state index >= 15 is 0 Å². The molecule has 1 aliphatic carbocycles. The van der Waals surface area contributed by atoms with E-state index in [2.05, 4.69) is 6.92 Å². The maximum atomic E-state index is 11.6. The minimum absolute atomic E-state index is 0.0619. The van der Waals surface area contributed by atoms with Crippen LogP contribution in [0.2, 0.25) is 0 Å². The second-order valence-corrected chi connectivity index (χ2v) is 5.29. The fourth-order valence-electron chi connectivity index (χ4n) is 2.61. The molecule has 0 radical (unpaired) electrons. The number of carbonyl (C=O) groups excluding carboxylic acids is 2. The van der Waals surface area contributed by atoms with Crippen LogP contribution in [0.3, 0.4) is 0 Å². The van der Waals surface area contributed by atoms with Crippen molar-refractivity contribution in [3.63, 3.8) is 0 Å². The van der Waals surface area contributed by atoms with Gasteiger partial charge < -0.3 is 0 Å². The molecule has 0 aromatic carbocycles. The van der Waals surface area contributed by atoms with Gasteiger partial charge in [-0.05, 0) is 19.3 Å². The summed E-state index contributed by atoms with van der Waals surface area (Å²) < 4.78 is 0. The molecule has 17 heavy (non-hydrogen) atoms. The zero-order chi connectivity index (χ0) is 12.5. The number of Topliss-reactive ketones (excluding diaryl/α,β-unsaturated/α-hetero) is 2. The zero-order valence-corrected chi connectivity index (χ0v) is 11.2. The second-order valence-electron chi connectivity index (χ2n) is 5.29. The van der Waals surface area contributed by atoms with E-state index in [1.165, 1.54) is 38.5 Å². The first-order valence-corrected chi connectivity index (χ1v) is 7.32. The number of hydrogen-bond acceptors (Lipinski definition) is 2. The lowest BCUT2D eigenvalue weighted by Gasteiger charge is -2.18. The fraction of sp³-hybridized carbons (Fsp3) is 0.867.